The molecular formula is C12H27Cl2N2NaO14S-2. The number of aliphatic hydroxyl groups is 8. The predicted molar refractivity (Wildman–Crippen MR) is 88.2 cm³/mol. The second kappa shape index (κ2) is 18.3. The Morgan fingerprint density at radius 3 is 1.12 bits per heavy atom. The van der Waals surface area contributed by atoms with Gasteiger partial charge in [-0.1, -0.05) is 0 Å². The molecule has 2 aliphatic heterocycles. The van der Waals surface area contributed by atoms with Crippen molar-refractivity contribution in [1.29, 1.82) is 0 Å². The zero-order valence-corrected chi connectivity index (χ0v) is 20.9. The molecule has 0 aliphatic carbocycles. The van der Waals surface area contributed by atoms with E-state index in [1.807, 2.05) is 0 Å². The van der Waals surface area contributed by atoms with E-state index in [1.54, 1.807) is 0 Å². The summed E-state index contributed by atoms with van der Waals surface area (Å²) in [6, 6.07) is -2.08. The van der Waals surface area contributed by atoms with E-state index < -0.39 is 84.9 Å². The Morgan fingerprint density at radius 1 is 0.719 bits per heavy atom. The van der Waals surface area contributed by atoms with Crippen LogP contribution in [0.3, 0.4) is 0 Å². The molecule has 0 saturated carbocycles. The molecule has 2 fully saturated rings. The topological polar surface area (TPSA) is 310 Å². The van der Waals surface area contributed by atoms with Crippen LogP contribution >= 0.6 is 0 Å². The number of rotatable bonds is 2. The van der Waals surface area contributed by atoms with Crippen LogP contribution in [-0.2, 0) is 19.9 Å². The Hall–Kier alpha value is 0.970. The second-order valence-corrected chi connectivity index (χ2v) is 6.90. The smallest absolute Gasteiger partial charge is 1.00 e. The molecule has 0 unspecified atom stereocenters. The zero-order valence-electron chi connectivity index (χ0n) is 16.6. The minimum absolute atomic E-state index is 0. The fourth-order valence-corrected chi connectivity index (χ4v) is 2.24. The summed E-state index contributed by atoms with van der Waals surface area (Å²) in [5.74, 6) is 0. The largest absolute Gasteiger partial charge is 1.00 e. The number of aliphatic hydroxyl groups excluding tert-OH is 8. The number of nitrogens with two attached hydrogens (primary N) is 2. The maximum Gasteiger partial charge on any atom is 1.00 e. The number of ether oxygens (including phenoxy) is 2. The van der Waals surface area contributed by atoms with Crippen LogP contribution in [0.4, 0.5) is 0 Å². The van der Waals surface area contributed by atoms with Crippen molar-refractivity contribution >= 4 is 10.4 Å². The first-order chi connectivity index (χ1) is 13.1. The summed E-state index contributed by atoms with van der Waals surface area (Å²) in [6.45, 7) is -0.940. The number of hydrogen-bond donors (Lipinski definition) is 11. The predicted octanol–water partition coefficient (Wildman–Crippen LogP) is -16.5. The third-order valence-electron chi connectivity index (χ3n) is 3.90. The first-order valence-electron chi connectivity index (χ1n) is 7.96. The van der Waals surface area contributed by atoms with Gasteiger partial charge in [-0.25, -0.2) is 8.42 Å². The van der Waals surface area contributed by atoms with E-state index >= 15 is 0 Å². The van der Waals surface area contributed by atoms with Crippen LogP contribution in [-0.4, -0.2) is 133 Å². The van der Waals surface area contributed by atoms with Crippen molar-refractivity contribution in [3.05, 3.63) is 0 Å². The van der Waals surface area contributed by atoms with Crippen LogP contribution in [0.5, 0.6) is 0 Å². The average molecular weight is 549 g/mol. The van der Waals surface area contributed by atoms with Crippen molar-refractivity contribution < 1.29 is 122 Å². The molecule has 0 radical (unpaired) electrons. The van der Waals surface area contributed by atoms with E-state index in [1.165, 1.54) is 0 Å². The fraction of sp³-hybridized carbons (Fsp3) is 1.00. The van der Waals surface area contributed by atoms with Gasteiger partial charge in [0, 0.05) is 0 Å². The Balaban J connectivity index is -0.000000189. The molecule has 10 atom stereocenters. The normalized spacial score (nSPS) is 38.8. The Labute approximate surface area is 217 Å². The van der Waals surface area contributed by atoms with Gasteiger partial charge < -0.3 is 91.2 Å². The average Bonchev–Trinajstić information content (AvgIpc) is 2.63. The summed E-state index contributed by atoms with van der Waals surface area (Å²) < 4.78 is 42.2. The van der Waals surface area contributed by atoms with Gasteiger partial charge in [0.15, 0.2) is 12.6 Å². The van der Waals surface area contributed by atoms with Gasteiger partial charge in [-0.3, -0.25) is 4.55 Å². The van der Waals surface area contributed by atoms with Crippen molar-refractivity contribution in [2.24, 2.45) is 11.5 Å². The Morgan fingerprint density at radius 2 is 0.938 bits per heavy atom. The fourth-order valence-electron chi connectivity index (χ4n) is 2.24. The van der Waals surface area contributed by atoms with Crippen molar-refractivity contribution in [3.63, 3.8) is 0 Å². The van der Waals surface area contributed by atoms with E-state index in [0.717, 1.165) is 0 Å². The van der Waals surface area contributed by atoms with Crippen LogP contribution in [0.15, 0.2) is 0 Å². The van der Waals surface area contributed by atoms with Gasteiger partial charge >= 0.3 is 29.6 Å². The molecule has 0 spiro atoms. The van der Waals surface area contributed by atoms with Crippen LogP contribution in [0, 0.1) is 0 Å². The van der Waals surface area contributed by atoms with Gasteiger partial charge in [0.25, 0.3) is 0 Å². The summed E-state index contributed by atoms with van der Waals surface area (Å²) in [7, 11) is -4.92. The third-order valence-corrected chi connectivity index (χ3v) is 3.90. The standard InChI is InChI=1S/2C6H13NO5.2ClH.Na.H2O4S/c2*7-3-5(10)4(9)2(1-8)12-6(3)11;;;;1-5(2,3)4/h2*2-6,8-11H,1,7H2;2*1H;;(H2,1,2,3,4)/q;;;;+1;/p-3/t2*2-,3-,4-,5-,6-;;;;/m11..../s1. The molecule has 13 N–H and O–H groups in total. The first-order valence-corrected chi connectivity index (χ1v) is 9.32. The molecule has 0 aromatic rings. The summed E-state index contributed by atoms with van der Waals surface area (Å²) in [4.78, 5) is 0. The molecular weight excluding hydrogens is 522 g/mol. The minimum Gasteiger partial charge on any atom is -1.00 e. The van der Waals surface area contributed by atoms with E-state index in [-0.39, 0.29) is 54.4 Å². The van der Waals surface area contributed by atoms with E-state index in [4.69, 9.17) is 58.9 Å². The van der Waals surface area contributed by atoms with E-state index in [2.05, 4.69) is 0 Å². The molecule has 0 amide bonds. The van der Waals surface area contributed by atoms with Gasteiger partial charge in [-0.15, -0.1) is 0 Å². The summed E-state index contributed by atoms with van der Waals surface area (Å²) >= 11 is 0. The van der Waals surface area contributed by atoms with E-state index in [0.29, 0.717) is 0 Å². The van der Waals surface area contributed by atoms with Gasteiger partial charge in [-0.05, 0) is 0 Å². The maximum atomic E-state index is 9.20. The molecule has 2 saturated heterocycles. The van der Waals surface area contributed by atoms with Crippen LogP contribution in [0.25, 0.3) is 0 Å². The summed E-state index contributed by atoms with van der Waals surface area (Å²) in [6.07, 6.45) is -9.70. The minimum atomic E-state index is -4.92. The van der Waals surface area contributed by atoms with Crippen molar-refractivity contribution in [1.82, 2.24) is 0 Å². The third kappa shape index (κ3) is 13.8. The molecule has 2 aliphatic rings. The summed E-state index contributed by atoms with van der Waals surface area (Å²) in [5.41, 5.74) is 10.5. The molecule has 0 aromatic carbocycles. The SMILES string of the molecule is N[C@@H]1[C@@H](O)[C@H](O)[C@@H](CO)O[C@H]1O.N[C@@H]1[C@@H](O)[C@H](O)[C@@H](CO)O[C@H]1O.O=S(=O)([O-])O.[Cl-].[Cl-].[Na+]. The maximum absolute atomic E-state index is 9.20. The Kier molecular flexibility index (Phi) is 22.9. The molecule has 0 bridgehead atoms. The van der Waals surface area contributed by atoms with Crippen molar-refractivity contribution in [2.45, 2.75) is 61.3 Å². The molecule has 192 valence electrons. The number of halogens is 2. The molecule has 2 heterocycles. The summed E-state index contributed by atoms with van der Waals surface area (Å²) in [5, 5.41) is 72.1. The van der Waals surface area contributed by atoms with Crippen LogP contribution < -0.4 is 65.8 Å². The molecule has 0 aromatic heterocycles. The molecule has 2 rings (SSSR count). The zero-order chi connectivity index (χ0) is 23.1. The monoisotopic (exact) mass is 548 g/mol. The second-order valence-electron chi connectivity index (χ2n) is 6.04. The van der Waals surface area contributed by atoms with Crippen LogP contribution in [0.1, 0.15) is 0 Å². The van der Waals surface area contributed by atoms with Gasteiger partial charge in [0.1, 0.15) is 36.6 Å². The molecule has 16 nitrogen and oxygen atoms in total. The van der Waals surface area contributed by atoms with Crippen LogP contribution in [0.2, 0.25) is 0 Å². The van der Waals surface area contributed by atoms with Crippen molar-refractivity contribution in [3.8, 4) is 0 Å². The van der Waals surface area contributed by atoms with Gasteiger partial charge in [-0.2, -0.15) is 0 Å². The van der Waals surface area contributed by atoms with Crippen molar-refractivity contribution in [2.75, 3.05) is 13.2 Å². The Bertz CT molecular complexity index is 532. The first kappa shape index (κ1) is 40.2. The van der Waals surface area contributed by atoms with Gasteiger partial charge in [0.2, 0.25) is 10.4 Å². The number of hydrogen-bond acceptors (Lipinski definition) is 15. The van der Waals surface area contributed by atoms with E-state index in [9.17, 15) is 20.4 Å². The van der Waals surface area contributed by atoms with Gasteiger partial charge in [0.05, 0.1) is 25.3 Å². The molecule has 20 heteroatoms. The molecule has 32 heavy (non-hydrogen) atoms. The quantitative estimate of drug-likeness (QED) is 0.0865.